The lowest BCUT2D eigenvalue weighted by Crippen LogP contribution is -1.84. The highest BCUT2D eigenvalue weighted by Crippen LogP contribution is 2.01. The standard InChI is InChI=1S/C7H9N.C6H7N/c1-8-7-5-3-2-4-6-7;7-6-4-2-1-3-5-6/h2-6,8H,1H3;1-5H,7H2. The number of rotatable bonds is 1. The zero-order valence-electron chi connectivity index (χ0n) is 8.85. The van der Waals surface area contributed by atoms with Gasteiger partial charge in [0.05, 0.1) is 0 Å². The van der Waals surface area contributed by atoms with Crippen molar-refractivity contribution in [2.24, 2.45) is 0 Å². The summed E-state index contributed by atoms with van der Waals surface area (Å²) in [7, 11) is 1.91. The van der Waals surface area contributed by atoms with E-state index in [1.54, 1.807) is 0 Å². The molecule has 15 heavy (non-hydrogen) atoms. The van der Waals surface area contributed by atoms with Crippen molar-refractivity contribution in [3.05, 3.63) is 60.7 Å². The minimum atomic E-state index is 0.822. The molecule has 0 aromatic heterocycles. The van der Waals surface area contributed by atoms with Crippen LogP contribution in [0.15, 0.2) is 60.7 Å². The van der Waals surface area contributed by atoms with E-state index in [-0.39, 0.29) is 0 Å². The summed E-state index contributed by atoms with van der Waals surface area (Å²) in [6, 6.07) is 19.6. The highest BCUT2D eigenvalue weighted by molar-refractivity contribution is 5.41. The Labute approximate surface area is 90.7 Å². The van der Waals surface area contributed by atoms with Crippen molar-refractivity contribution in [2.75, 3.05) is 18.1 Å². The minimum Gasteiger partial charge on any atom is -0.399 e. The van der Waals surface area contributed by atoms with Crippen LogP contribution >= 0.6 is 0 Å². The van der Waals surface area contributed by atoms with Crippen LogP contribution in [0.3, 0.4) is 0 Å². The molecule has 0 saturated heterocycles. The fourth-order valence-corrected chi connectivity index (χ4v) is 1.06. The van der Waals surface area contributed by atoms with Crippen LogP contribution in [0.5, 0.6) is 0 Å². The molecule has 0 heterocycles. The van der Waals surface area contributed by atoms with Gasteiger partial charge in [0.25, 0.3) is 0 Å². The molecule has 0 radical (unpaired) electrons. The van der Waals surface area contributed by atoms with Gasteiger partial charge in [-0.25, -0.2) is 0 Å². The monoisotopic (exact) mass is 200 g/mol. The van der Waals surface area contributed by atoms with Crippen molar-refractivity contribution in [3.63, 3.8) is 0 Å². The molecule has 0 atom stereocenters. The Morgan fingerprint density at radius 2 is 1.27 bits per heavy atom. The van der Waals surface area contributed by atoms with Gasteiger partial charge in [-0.3, -0.25) is 0 Å². The van der Waals surface area contributed by atoms with Crippen molar-refractivity contribution in [1.82, 2.24) is 0 Å². The molecule has 2 rings (SSSR count). The summed E-state index contributed by atoms with van der Waals surface area (Å²) < 4.78 is 0. The molecule has 0 aliphatic heterocycles. The Morgan fingerprint density at radius 1 is 0.800 bits per heavy atom. The molecule has 0 bridgehead atoms. The van der Waals surface area contributed by atoms with Gasteiger partial charge in [-0.2, -0.15) is 0 Å². The van der Waals surface area contributed by atoms with E-state index in [0.717, 1.165) is 11.4 Å². The van der Waals surface area contributed by atoms with Crippen molar-refractivity contribution >= 4 is 11.4 Å². The third kappa shape index (κ3) is 4.72. The molecule has 0 fully saturated rings. The van der Waals surface area contributed by atoms with Crippen molar-refractivity contribution in [3.8, 4) is 0 Å². The van der Waals surface area contributed by atoms with Gasteiger partial charge >= 0.3 is 0 Å². The van der Waals surface area contributed by atoms with E-state index < -0.39 is 0 Å². The third-order valence-corrected chi connectivity index (χ3v) is 1.86. The maximum Gasteiger partial charge on any atom is 0.0337 e. The van der Waals surface area contributed by atoms with Gasteiger partial charge in [0, 0.05) is 18.4 Å². The second-order valence-corrected chi connectivity index (χ2v) is 3.03. The number of para-hydroxylation sites is 2. The summed E-state index contributed by atoms with van der Waals surface area (Å²) in [6.45, 7) is 0. The molecule has 0 saturated carbocycles. The lowest BCUT2D eigenvalue weighted by atomic mass is 10.3. The van der Waals surface area contributed by atoms with Crippen LogP contribution < -0.4 is 11.1 Å². The van der Waals surface area contributed by atoms with Crippen LogP contribution in [0.4, 0.5) is 11.4 Å². The lowest BCUT2D eigenvalue weighted by molar-refractivity contribution is 1.51. The van der Waals surface area contributed by atoms with Crippen LogP contribution in [0.25, 0.3) is 0 Å². The smallest absolute Gasteiger partial charge is 0.0337 e. The molecule has 0 aliphatic carbocycles. The van der Waals surface area contributed by atoms with Crippen molar-refractivity contribution in [1.29, 1.82) is 0 Å². The van der Waals surface area contributed by atoms with E-state index in [1.807, 2.05) is 67.7 Å². The van der Waals surface area contributed by atoms with E-state index >= 15 is 0 Å². The average molecular weight is 200 g/mol. The second kappa shape index (κ2) is 6.49. The number of nitrogen functional groups attached to an aromatic ring is 1. The molecule has 2 aromatic rings. The van der Waals surface area contributed by atoms with E-state index in [0.29, 0.717) is 0 Å². The summed E-state index contributed by atoms with van der Waals surface area (Å²) in [5.74, 6) is 0. The minimum absolute atomic E-state index is 0.822. The first-order valence-electron chi connectivity index (χ1n) is 4.86. The number of hydrogen-bond donors (Lipinski definition) is 2. The highest BCUT2D eigenvalue weighted by atomic mass is 14.8. The fraction of sp³-hybridized carbons (Fsp3) is 0.0769. The van der Waals surface area contributed by atoms with E-state index in [1.165, 1.54) is 0 Å². The first-order chi connectivity index (χ1) is 7.33. The molecular formula is C13H16N2. The van der Waals surface area contributed by atoms with Crippen LogP contribution in [0.1, 0.15) is 0 Å². The predicted molar refractivity (Wildman–Crippen MR) is 66.8 cm³/mol. The largest absolute Gasteiger partial charge is 0.399 e. The Balaban J connectivity index is 0.000000151. The highest BCUT2D eigenvalue weighted by Gasteiger charge is 1.77. The van der Waals surface area contributed by atoms with Gasteiger partial charge in [-0.15, -0.1) is 0 Å². The van der Waals surface area contributed by atoms with Gasteiger partial charge < -0.3 is 11.1 Å². The molecule has 0 amide bonds. The van der Waals surface area contributed by atoms with Gasteiger partial charge in [0.15, 0.2) is 0 Å². The number of benzene rings is 2. The van der Waals surface area contributed by atoms with Gasteiger partial charge in [-0.05, 0) is 24.3 Å². The summed E-state index contributed by atoms with van der Waals surface area (Å²) in [6.07, 6.45) is 0. The van der Waals surface area contributed by atoms with Gasteiger partial charge in [-0.1, -0.05) is 36.4 Å². The van der Waals surface area contributed by atoms with Crippen LogP contribution in [0, 0.1) is 0 Å². The van der Waals surface area contributed by atoms with Gasteiger partial charge in [0.2, 0.25) is 0 Å². The normalized spacial score (nSPS) is 8.60. The Kier molecular flexibility index (Phi) is 4.81. The number of nitrogens with one attached hydrogen (secondary N) is 1. The quantitative estimate of drug-likeness (QED) is 0.694. The van der Waals surface area contributed by atoms with Crippen molar-refractivity contribution in [2.45, 2.75) is 0 Å². The van der Waals surface area contributed by atoms with E-state index in [9.17, 15) is 0 Å². The van der Waals surface area contributed by atoms with E-state index in [4.69, 9.17) is 5.73 Å². The molecule has 3 N–H and O–H groups in total. The zero-order chi connectivity index (χ0) is 10.9. The summed E-state index contributed by atoms with van der Waals surface area (Å²) in [5.41, 5.74) is 7.34. The molecule has 2 heteroatoms. The predicted octanol–water partition coefficient (Wildman–Crippen LogP) is 3.00. The molecule has 0 spiro atoms. The van der Waals surface area contributed by atoms with Gasteiger partial charge in [0.1, 0.15) is 0 Å². The third-order valence-electron chi connectivity index (χ3n) is 1.86. The molecular weight excluding hydrogens is 184 g/mol. The zero-order valence-corrected chi connectivity index (χ0v) is 8.85. The van der Waals surface area contributed by atoms with Crippen LogP contribution in [-0.4, -0.2) is 7.05 Å². The van der Waals surface area contributed by atoms with Crippen molar-refractivity contribution < 1.29 is 0 Å². The summed E-state index contributed by atoms with van der Waals surface area (Å²) in [5, 5.41) is 3.03. The lowest BCUT2D eigenvalue weighted by Gasteiger charge is -1.94. The molecule has 78 valence electrons. The maximum atomic E-state index is 5.36. The Morgan fingerprint density at radius 3 is 1.53 bits per heavy atom. The Bertz CT molecular complexity index is 357. The fourth-order valence-electron chi connectivity index (χ4n) is 1.06. The molecule has 2 nitrogen and oxygen atoms in total. The summed E-state index contributed by atoms with van der Waals surface area (Å²) in [4.78, 5) is 0. The van der Waals surface area contributed by atoms with E-state index in [2.05, 4.69) is 5.32 Å². The average Bonchev–Trinajstić information content (AvgIpc) is 2.32. The first kappa shape index (κ1) is 11.1. The topological polar surface area (TPSA) is 38.0 Å². The Hall–Kier alpha value is -1.96. The van der Waals surface area contributed by atoms with Crippen LogP contribution in [-0.2, 0) is 0 Å². The molecule has 2 aromatic carbocycles. The SMILES string of the molecule is CNc1ccccc1.Nc1ccccc1. The number of hydrogen-bond acceptors (Lipinski definition) is 2. The van der Waals surface area contributed by atoms with Crippen LogP contribution in [0.2, 0.25) is 0 Å². The summed E-state index contributed by atoms with van der Waals surface area (Å²) >= 11 is 0. The first-order valence-corrected chi connectivity index (χ1v) is 4.86. The number of anilines is 2. The number of nitrogens with two attached hydrogens (primary N) is 1. The molecule has 0 aliphatic rings. The molecule has 0 unspecified atom stereocenters. The second-order valence-electron chi connectivity index (χ2n) is 3.03. The maximum absolute atomic E-state index is 5.36.